The van der Waals surface area contributed by atoms with Gasteiger partial charge >= 0.3 is 0 Å². The molecule has 0 bridgehead atoms. The number of halogens is 1. The number of rotatable bonds is 17. The Hall–Kier alpha value is -8.20. The van der Waals surface area contributed by atoms with Gasteiger partial charge in [-0.25, -0.2) is 9.97 Å². The van der Waals surface area contributed by atoms with Crippen molar-refractivity contribution in [2.45, 2.75) is 50.4 Å². The summed E-state index contributed by atoms with van der Waals surface area (Å²) in [6.45, 7) is 13.1. The molecule has 18 nitrogen and oxygen atoms in total. The van der Waals surface area contributed by atoms with Gasteiger partial charge in [-0.3, -0.25) is 52.6 Å². The van der Waals surface area contributed by atoms with E-state index in [0.29, 0.717) is 124 Å². The molecule has 0 saturated carbocycles. The van der Waals surface area contributed by atoms with E-state index in [2.05, 4.69) is 36.8 Å². The van der Waals surface area contributed by atoms with Crippen molar-refractivity contribution in [1.29, 1.82) is 0 Å². The second-order valence-corrected chi connectivity index (χ2v) is 21.3. The van der Waals surface area contributed by atoms with E-state index in [-0.39, 0.29) is 52.2 Å². The lowest BCUT2D eigenvalue weighted by Gasteiger charge is -2.36. The van der Waals surface area contributed by atoms with Crippen LogP contribution in [-0.4, -0.2) is 136 Å². The Balaban J connectivity index is 0.000000169. The van der Waals surface area contributed by atoms with Crippen LogP contribution in [0.2, 0.25) is 0 Å². The molecule has 83 heavy (non-hydrogen) atoms. The highest BCUT2D eigenvalue weighted by atomic mass is 79.9. The predicted molar refractivity (Wildman–Crippen MR) is 324 cm³/mol. The maximum absolute atomic E-state index is 14.1. The summed E-state index contributed by atoms with van der Waals surface area (Å²) in [5, 5.41) is 10.9. The Morgan fingerprint density at radius 1 is 0.470 bits per heavy atom. The van der Waals surface area contributed by atoms with Gasteiger partial charge in [0.1, 0.15) is 23.1 Å². The fraction of sp³-hybridized carbons (Fsp3) is 0.312. The summed E-state index contributed by atoms with van der Waals surface area (Å²) >= 11 is 3.73. The lowest BCUT2D eigenvalue weighted by molar-refractivity contribution is 0.0632. The maximum Gasteiger partial charge on any atom is 0.266 e. The highest BCUT2D eigenvalue weighted by molar-refractivity contribution is 9.09. The van der Waals surface area contributed by atoms with E-state index in [1.807, 2.05) is 98.8 Å². The summed E-state index contributed by atoms with van der Waals surface area (Å²) < 4.78 is 15.0. The normalized spacial score (nSPS) is 15.7. The predicted octanol–water partition coefficient (Wildman–Crippen LogP) is 8.28. The molecule has 4 aliphatic heterocycles. The first-order valence-corrected chi connectivity index (χ1v) is 29.4. The van der Waals surface area contributed by atoms with Crippen molar-refractivity contribution >= 4 is 61.4 Å². The Labute approximate surface area is 489 Å². The van der Waals surface area contributed by atoms with Crippen LogP contribution < -0.4 is 36.5 Å². The third-order valence-electron chi connectivity index (χ3n) is 15.0. The van der Waals surface area contributed by atoms with Gasteiger partial charge in [0.05, 0.1) is 79.5 Å². The van der Waals surface area contributed by atoms with Gasteiger partial charge < -0.3 is 25.4 Å². The topological polar surface area (TPSA) is 202 Å². The van der Waals surface area contributed by atoms with Crippen LogP contribution in [0.3, 0.4) is 0 Å². The maximum atomic E-state index is 14.1. The van der Waals surface area contributed by atoms with Gasteiger partial charge in [-0.05, 0) is 112 Å². The van der Waals surface area contributed by atoms with Crippen LogP contribution in [0.5, 0.6) is 11.5 Å². The molecule has 2 unspecified atom stereocenters. The first kappa shape index (κ1) is 58.0. The van der Waals surface area contributed by atoms with Crippen molar-refractivity contribution in [3.8, 4) is 22.9 Å². The number of hydrogen-bond donors (Lipinski definition) is 3. The van der Waals surface area contributed by atoms with Crippen LogP contribution in [0.25, 0.3) is 33.2 Å². The number of amides is 4. The Morgan fingerprint density at radius 3 is 1.29 bits per heavy atom. The molecule has 12 rings (SSSR count). The first-order valence-electron chi connectivity index (χ1n) is 28.5. The van der Waals surface area contributed by atoms with Crippen molar-refractivity contribution in [1.82, 2.24) is 49.8 Å². The van der Waals surface area contributed by atoms with Gasteiger partial charge in [-0.15, -0.1) is 0 Å². The molecule has 0 radical (unpaired) electrons. The molecule has 6 heterocycles. The molecule has 2 fully saturated rings. The summed E-state index contributed by atoms with van der Waals surface area (Å²) in [7, 11) is 0. The van der Waals surface area contributed by atoms with Crippen LogP contribution in [0, 0.1) is 0 Å². The van der Waals surface area contributed by atoms with Gasteiger partial charge in [0.15, 0.2) is 0 Å². The Morgan fingerprint density at radius 2 is 0.843 bits per heavy atom. The van der Waals surface area contributed by atoms with Gasteiger partial charge in [-0.2, -0.15) is 0 Å². The SMILES string of the molecule is C1CNCCN1.CCOc1ccccc1-n1c(C(Br)CCCN2C(=O)c3ccccc3C2=O)nc2ccccc2c1=O.CCOc1ccccc1-n1c(C(CCCN2C(=O)c3ccccc3C2=O)N2CCNCC2)nc2ccccc2c1=O. The fourth-order valence-corrected chi connectivity index (χ4v) is 11.6. The van der Waals surface area contributed by atoms with Gasteiger partial charge in [0, 0.05) is 65.4 Å². The number of piperazine rings is 2. The molecule has 6 aromatic carbocycles. The Bertz CT molecular complexity index is 3700. The Kier molecular flexibility index (Phi) is 19.0. The standard InChI is InChI=1S/C32H33N5O4.C28H24BrN3O4.C4H10N2/c1-2-41-28-16-8-7-14-26(28)37-29(34-25-13-6-5-12-24(25)32(37)40)27(35-20-17-33-18-21-35)15-9-19-36-30(38)22-10-3-4-11-23(22)31(36)39;1-2-36-24-16-8-7-15-23(24)32-25(30-22-14-6-5-12-20(22)28(32)35)21(29)13-9-17-31-26(33)18-10-3-4-11-19(18)27(31)34;1-2-6-4-3-5-1/h3-8,10-14,16,27,33H,2,9,15,17-21H2,1H3;3-8,10-12,14-16,21H,2,9,13,17H2,1H3;5-6H,1-4H2. The highest BCUT2D eigenvalue weighted by Crippen LogP contribution is 2.34. The van der Waals surface area contributed by atoms with E-state index in [1.54, 1.807) is 69.8 Å². The van der Waals surface area contributed by atoms with E-state index in [4.69, 9.17) is 19.4 Å². The number of hydrogen-bond acceptors (Lipinski definition) is 14. The van der Waals surface area contributed by atoms with E-state index in [0.717, 1.165) is 52.4 Å². The summed E-state index contributed by atoms with van der Waals surface area (Å²) in [5.74, 6) is 1.32. The number of nitrogens with zero attached hydrogens (tertiary/aromatic N) is 7. The van der Waals surface area contributed by atoms with E-state index in [1.165, 1.54) is 9.80 Å². The molecule has 4 aliphatic rings. The van der Waals surface area contributed by atoms with Crippen molar-refractivity contribution in [2.75, 3.05) is 78.7 Å². The summed E-state index contributed by atoms with van der Waals surface area (Å²) in [6.07, 6.45) is 2.26. The van der Waals surface area contributed by atoms with Crippen molar-refractivity contribution in [3.63, 3.8) is 0 Å². The van der Waals surface area contributed by atoms with Gasteiger partial charge in [0.2, 0.25) is 0 Å². The molecule has 0 spiro atoms. The molecule has 0 aliphatic carbocycles. The average Bonchev–Trinajstić information content (AvgIpc) is 3.97. The first-order chi connectivity index (χ1) is 40.6. The van der Waals surface area contributed by atoms with E-state index >= 15 is 0 Å². The van der Waals surface area contributed by atoms with E-state index in [9.17, 15) is 28.8 Å². The number of imide groups is 2. The number of ether oxygens (including phenoxy) is 2. The zero-order valence-corrected chi connectivity index (χ0v) is 48.2. The monoisotopic (exact) mass is 1180 g/mol. The lowest BCUT2D eigenvalue weighted by atomic mass is 10.1. The molecular formula is C64H67BrN10O8. The lowest BCUT2D eigenvalue weighted by Crippen LogP contribution is -2.46. The highest BCUT2D eigenvalue weighted by Gasteiger charge is 2.37. The molecule has 19 heteroatoms. The molecule has 2 aromatic heterocycles. The zero-order valence-electron chi connectivity index (χ0n) is 46.6. The number of carbonyl (C=O) groups is 4. The minimum Gasteiger partial charge on any atom is -0.492 e. The van der Waals surface area contributed by atoms with Crippen molar-refractivity contribution in [2.24, 2.45) is 0 Å². The second-order valence-electron chi connectivity index (χ2n) is 20.2. The molecule has 3 N–H and O–H groups in total. The molecule has 4 amide bonds. The van der Waals surface area contributed by atoms with Crippen molar-refractivity contribution in [3.05, 3.63) is 200 Å². The molecule has 2 atom stereocenters. The number of para-hydroxylation sites is 6. The minimum absolute atomic E-state index is 0.154. The smallest absolute Gasteiger partial charge is 0.266 e. The number of aromatic nitrogens is 4. The van der Waals surface area contributed by atoms with Gasteiger partial charge in [0.25, 0.3) is 34.7 Å². The summed E-state index contributed by atoms with van der Waals surface area (Å²) in [4.78, 5) is 93.8. The minimum atomic E-state index is -0.306. The summed E-state index contributed by atoms with van der Waals surface area (Å²) in [5.41, 5.74) is 3.94. The molecular weight excluding hydrogens is 1120 g/mol. The number of carbonyl (C=O) groups excluding carboxylic acids is 4. The summed E-state index contributed by atoms with van der Waals surface area (Å²) in [6, 6.07) is 43.2. The zero-order chi connectivity index (χ0) is 57.8. The molecule has 2 saturated heterocycles. The molecule has 8 aromatic rings. The number of alkyl halides is 1. The van der Waals surface area contributed by atoms with Crippen LogP contribution in [-0.2, 0) is 0 Å². The van der Waals surface area contributed by atoms with E-state index < -0.39 is 0 Å². The van der Waals surface area contributed by atoms with Crippen LogP contribution in [0.4, 0.5) is 0 Å². The van der Waals surface area contributed by atoms with Crippen molar-refractivity contribution < 1.29 is 28.7 Å². The molecule has 428 valence electrons. The van der Waals surface area contributed by atoms with Gasteiger partial charge in [-0.1, -0.05) is 88.7 Å². The fourth-order valence-electron chi connectivity index (χ4n) is 11.0. The quantitative estimate of drug-likeness (QED) is 0.0581. The van der Waals surface area contributed by atoms with Crippen LogP contribution in [0.1, 0.15) is 103 Å². The number of nitrogens with one attached hydrogen (secondary N) is 3. The third-order valence-corrected chi connectivity index (χ3v) is 15.9. The largest absolute Gasteiger partial charge is 0.492 e. The number of fused-ring (bicyclic) bond motifs is 4. The average molecular weight is 1180 g/mol. The second kappa shape index (κ2) is 27.3. The number of benzene rings is 6. The third kappa shape index (κ3) is 12.6. The van der Waals surface area contributed by atoms with Crippen LogP contribution in [0.15, 0.2) is 155 Å². The van der Waals surface area contributed by atoms with Crippen LogP contribution >= 0.6 is 15.9 Å².